The molecule has 0 aromatic carbocycles. The molecule has 0 bridgehead atoms. The largest absolute Gasteiger partial charge is 0.365 e. The van der Waals surface area contributed by atoms with Crippen molar-refractivity contribution >= 4 is 63.0 Å². The second-order valence-corrected chi connectivity index (χ2v) is 9.19. The first-order valence-corrected chi connectivity index (χ1v) is 9.76. The van der Waals surface area contributed by atoms with Crippen molar-refractivity contribution in [3.05, 3.63) is 16.0 Å². The van der Waals surface area contributed by atoms with E-state index in [9.17, 15) is 9.59 Å². The van der Waals surface area contributed by atoms with Crippen molar-refractivity contribution in [1.82, 2.24) is 5.32 Å². The lowest BCUT2D eigenvalue weighted by molar-refractivity contribution is -0.121. The average Bonchev–Trinajstić information content (AvgIpc) is 2.83. The molecule has 0 unspecified atom stereocenters. The molecule has 5 nitrogen and oxygen atoms in total. The van der Waals surface area contributed by atoms with Gasteiger partial charge in [-0.3, -0.25) is 9.59 Å². The third-order valence-corrected chi connectivity index (χ3v) is 5.68. The van der Waals surface area contributed by atoms with E-state index in [-0.39, 0.29) is 5.91 Å². The second-order valence-electron chi connectivity index (χ2n) is 5.72. The van der Waals surface area contributed by atoms with Crippen LogP contribution in [0.25, 0.3) is 0 Å². The van der Waals surface area contributed by atoms with Gasteiger partial charge in [-0.2, -0.15) is 0 Å². The van der Waals surface area contributed by atoms with Gasteiger partial charge in [0, 0.05) is 11.3 Å². The van der Waals surface area contributed by atoms with Gasteiger partial charge in [0.05, 0.1) is 5.56 Å². The average molecular weight is 413 g/mol. The zero-order valence-corrected chi connectivity index (χ0v) is 16.3. The summed E-state index contributed by atoms with van der Waals surface area (Å²) in [5, 5.41) is 6.21. The summed E-state index contributed by atoms with van der Waals surface area (Å²) in [6.45, 7) is 1.88. The molecule has 2 amide bonds. The first kappa shape index (κ1) is 19.6. The van der Waals surface area contributed by atoms with Crippen molar-refractivity contribution in [2.24, 2.45) is 5.73 Å². The van der Waals surface area contributed by atoms with Crippen LogP contribution in [0.2, 0.25) is 0 Å². The standard InChI is InChI=1S/C15H20Cl3N3O2S/c1-2-5-10(22)20-14(15(16,17)18)21-13-11(12(19)23)8-6-3-4-7-9(8)24-13/h14,21H,2-7H2,1H3,(H2,19,23)(H,20,22)/t14-/m1/s1. The van der Waals surface area contributed by atoms with Crippen LogP contribution in [0.1, 0.15) is 53.4 Å². The maximum absolute atomic E-state index is 11.9. The van der Waals surface area contributed by atoms with Gasteiger partial charge in [-0.1, -0.05) is 41.7 Å². The lowest BCUT2D eigenvalue weighted by Crippen LogP contribution is -2.49. The number of thiophene rings is 1. The summed E-state index contributed by atoms with van der Waals surface area (Å²) in [5.41, 5.74) is 6.98. The summed E-state index contributed by atoms with van der Waals surface area (Å²) < 4.78 is -1.77. The molecule has 4 N–H and O–H groups in total. The van der Waals surface area contributed by atoms with E-state index < -0.39 is 15.9 Å². The Morgan fingerprint density at radius 2 is 1.96 bits per heavy atom. The molecular weight excluding hydrogens is 393 g/mol. The number of anilines is 1. The quantitative estimate of drug-likeness (QED) is 0.491. The first-order chi connectivity index (χ1) is 11.2. The zero-order chi connectivity index (χ0) is 17.9. The number of nitrogens with one attached hydrogen (secondary N) is 2. The Kier molecular flexibility index (Phi) is 6.65. The summed E-state index contributed by atoms with van der Waals surface area (Å²) in [5.74, 6) is -0.747. The maximum atomic E-state index is 11.9. The topological polar surface area (TPSA) is 84.2 Å². The molecule has 1 heterocycles. The van der Waals surface area contributed by atoms with Gasteiger partial charge in [-0.25, -0.2) is 0 Å². The van der Waals surface area contributed by atoms with Crippen LogP contribution < -0.4 is 16.4 Å². The molecule has 0 spiro atoms. The van der Waals surface area contributed by atoms with Gasteiger partial charge in [0.25, 0.3) is 5.91 Å². The zero-order valence-electron chi connectivity index (χ0n) is 13.3. The molecule has 1 aliphatic carbocycles. The highest BCUT2D eigenvalue weighted by atomic mass is 35.6. The highest BCUT2D eigenvalue weighted by Gasteiger charge is 2.36. The summed E-state index contributed by atoms with van der Waals surface area (Å²) >= 11 is 19.4. The molecule has 0 fully saturated rings. The number of hydrogen-bond donors (Lipinski definition) is 3. The highest BCUT2D eigenvalue weighted by molar-refractivity contribution is 7.16. The van der Waals surface area contributed by atoms with Crippen LogP contribution in [0.5, 0.6) is 0 Å². The molecule has 1 aromatic heterocycles. The summed E-state index contributed by atoms with van der Waals surface area (Å²) in [6, 6.07) is 0. The van der Waals surface area contributed by atoms with E-state index in [0.717, 1.165) is 36.1 Å². The second kappa shape index (κ2) is 8.13. The molecule has 24 heavy (non-hydrogen) atoms. The van der Waals surface area contributed by atoms with Crippen LogP contribution in [0.4, 0.5) is 5.00 Å². The first-order valence-electron chi connectivity index (χ1n) is 7.81. The number of rotatable bonds is 6. The molecule has 2 rings (SSSR count). The minimum atomic E-state index is -1.77. The van der Waals surface area contributed by atoms with Gasteiger partial charge in [0.2, 0.25) is 9.70 Å². The Labute approximate surface area is 160 Å². The van der Waals surface area contributed by atoms with Crippen molar-refractivity contribution in [1.29, 1.82) is 0 Å². The molecule has 0 saturated carbocycles. The molecule has 134 valence electrons. The number of amides is 2. The molecular formula is C15H20Cl3N3O2S. The number of hydrogen-bond acceptors (Lipinski definition) is 4. The van der Waals surface area contributed by atoms with Crippen LogP contribution >= 0.6 is 46.1 Å². The van der Waals surface area contributed by atoms with E-state index in [1.807, 2.05) is 6.92 Å². The number of primary amides is 1. The highest BCUT2D eigenvalue weighted by Crippen LogP contribution is 2.40. The Morgan fingerprint density at radius 1 is 1.29 bits per heavy atom. The number of fused-ring (bicyclic) bond motifs is 1. The Hall–Kier alpha value is -0.690. The van der Waals surface area contributed by atoms with Crippen molar-refractivity contribution in [2.75, 3.05) is 5.32 Å². The van der Waals surface area contributed by atoms with Gasteiger partial charge in [0.15, 0.2) is 0 Å². The monoisotopic (exact) mass is 411 g/mol. The van der Waals surface area contributed by atoms with E-state index >= 15 is 0 Å². The van der Waals surface area contributed by atoms with Gasteiger partial charge in [-0.15, -0.1) is 11.3 Å². The minimum Gasteiger partial charge on any atom is -0.365 e. The van der Waals surface area contributed by atoms with Crippen molar-refractivity contribution in [3.8, 4) is 0 Å². The molecule has 1 aliphatic rings. The number of carbonyl (C=O) groups is 2. The Morgan fingerprint density at radius 3 is 2.54 bits per heavy atom. The number of nitrogens with two attached hydrogens (primary N) is 1. The SMILES string of the molecule is CCCC(=O)N[C@H](Nc1sc2c(c1C(N)=O)CCCC2)C(Cl)(Cl)Cl. The van der Waals surface area contributed by atoms with Crippen LogP contribution in [-0.4, -0.2) is 21.8 Å². The lowest BCUT2D eigenvalue weighted by atomic mass is 9.95. The molecule has 1 aromatic rings. The van der Waals surface area contributed by atoms with Crippen molar-refractivity contribution < 1.29 is 9.59 Å². The molecule has 0 radical (unpaired) electrons. The fourth-order valence-electron chi connectivity index (χ4n) is 2.72. The van der Waals surface area contributed by atoms with E-state index in [0.29, 0.717) is 23.4 Å². The number of alkyl halides is 3. The van der Waals surface area contributed by atoms with E-state index in [2.05, 4.69) is 10.6 Å². The van der Waals surface area contributed by atoms with Crippen LogP contribution in [0.15, 0.2) is 0 Å². The van der Waals surface area contributed by atoms with Crippen LogP contribution in [0, 0.1) is 0 Å². The molecule has 1 atom stereocenters. The van der Waals surface area contributed by atoms with E-state index in [4.69, 9.17) is 40.5 Å². The fraction of sp³-hybridized carbons (Fsp3) is 0.600. The smallest absolute Gasteiger partial charge is 0.251 e. The lowest BCUT2D eigenvalue weighted by Gasteiger charge is -2.27. The van der Waals surface area contributed by atoms with Crippen molar-refractivity contribution in [3.63, 3.8) is 0 Å². The summed E-state index contributed by atoms with van der Waals surface area (Å²) in [7, 11) is 0. The van der Waals surface area contributed by atoms with Crippen molar-refractivity contribution in [2.45, 2.75) is 55.4 Å². The number of halogens is 3. The predicted octanol–water partition coefficient (Wildman–Crippen LogP) is 3.75. The van der Waals surface area contributed by atoms with Gasteiger partial charge in [-0.05, 0) is 37.7 Å². The summed E-state index contributed by atoms with van der Waals surface area (Å²) in [6.07, 6.45) is 3.85. The minimum absolute atomic E-state index is 0.233. The van der Waals surface area contributed by atoms with E-state index in [1.54, 1.807) is 0 Å². The molecule has 0 saturated heterocycles. The predicted molar refractivity (Wildman–Crippen MR) is 100 cm³/mol. The third-order valence-electron chi connectivity index (χ3n) is 3.80. The van der Waals surface area contributed by atoms with Crippen LogP contribution in [0.3, 0.4) is 0 Å². The van der Waals surface area contributed by atoms with Gasteiger partial charge in [0.1, 0.15) is 11.2 Å². The number of aryl methyl sites for hydroxylation is 1. The third kappa shape index (κ3) is 4.69. The van der Waals surface area contributed by atoms with Crippen LogP contribution in [-0.2, 0) is 17.6 Å². The molecule has 0 aliphatic heterocycles. The van der Waals surface area contributed by atoms with Gasteiger partial charge >= 0.3 is 0 Å². The van der Waals surface area contributed by atoms with E-state index in [1.165, 1.54) is 11.3 Å². The Bertz CT molecular complexity index is 628. The normalized spacial score (nSPS) is 15.5. The van der Waals surface area contributed by atoms with Gasteiger partial charge < -0.3 is 16.4 Å². The number of carbonyl (C=O) groups excluding carboxylic acids is 2. The summed E-state index contributed by atoms with van der Waals surface area (Å²) in [4.78, 5) is 24.9. The Balaban J connectivity index is 2.30. The maximum Gasteiger partial charge on any atom is 0.251 e. The molecule has 9 heteroatoms. The fourth-order valence-corrected chi connectivity index (χ4v) is 4.37.